The van der Waals surface area contributed by atoms with Gasteiger partial charge in [-0.15, -0.1) is 0 Å². The van der Waals surface area contributed by atoms with Gasteiger partial charge in [0.25, 0.3) is 0 Å². The van der Waals surface area contributed by atoms with E-state index >= 15 is 0 Å². The van der Waals surface area contributed by atoms with Gasteiger partial charge in [-0.1, -0.05) is 30.3 Å². The first kappa shape index (κ1) is 13.5. The quantitative estimate of drug-likeness (QED) is 0.616. The number of carbonyl (C=O) groups is 2. The van der Waals surface area contributed by atoms with E-state index in [2.05, 4.69) is 10.1 Å². The molecule has 0 saturated carbocycles. The molecular formula is C13H12N2O3. The first-order valence-corrected chi connectivity index (χ1v) is 5.26. The minimum atomic E-state index is -0.641. The Kier molecular flexibility index (Phi) is 5.70. The molecule has 1 amide bonds. The molecule has 0 spiro atoms. The molecule has 0 aliphatic heterocycles. The number of ether oxygens (including phenoxy) is 1. The molecule has 0 radical (unpaired) electrons. The van der Waals surface area contributed by atoms with Gasteiger partial charge in [0.15, 0.2) is 6.61 Å². The van der Waals surface area contributed by atoms with E-state index in [0.29, 0.717) is 0 Å². The van der Waals surface area contributed by atoms with Crippen LogP contribution in [-0.2, 0) is 14.3 Å². The van der Waals surface area contributed by atoms with Gasteiger partial charge in [0.05, 0.1) is 0 Å². The van der Waals surface area contributed by atoms with Crippen LogP contribution in [0.4, 0.5) is 0 Å². The summed E-state index contributed by atoms with van der Waals surface area (Å²) in [6.07, 6.45) is 2.96. The lowest BCUT2D eigenvalue weighted by atomic mass is 10.2. The number of hydrogen-bond acceptors (Lipinski definition) is 4. The Hall–Kier alpha value is -2.61. The predicted molar refractivity (Wildman–Crippen MR) is 65.1 cm³/mol. The summed E-state index contributed by atoms with van der Waals surface area (Å²) < 4.78 is 4.47. The highest BCUT2D eigenvalue weighted by atomic mass is 16.5. The topological polar surface area (TPSA) is 79.2 Å². The van der Waals surface area contributed by atoms with E-state index in [1.165, 1.54) is 6.08 Å². The van der Waals surface area contributed by atoms with Crippen molar-refractivity contribution in [2.45, 2.75) is 0 Å². The minimum Gasteiger partial charge on any atom is -0.449 e. The van der Waals surface area contributed by atoms with Crippen LogP contribution in [0, 0.1) is 11.3 Å². The van der Waals surface area contributed by atoms with Gasteiger partial charge >= 0.3 is 5.97 Å². The highest BCUT2D eigenvalue weighted by Crippen LogP contribution is 2.00. The third-order valence-electron chi connectivity index (χ3n) is 1.93. The Morgan fingerprint density at radius 1 is 1.33 bits per heavy atom. The fourth-order valence-corrected chi connectivity index (χ4v) is 1.12. The molecule has 5 nitrogen and oxygen atoms in total. The zero-order valence-electron chi connectivity index (χ0n) is 9.63. The van der Waals surface area contributed by atoms with Crippen LogP contribution in [-0.4, -0.2) is 25.0 Å². The molecule has 0 aromatic heterocycles. The van der Waals surface area contributed by atoms with Crippen LogP contribution in [0.3, 0.4) is 0 Å². The maximum atomic E-state index is 11.3. The van der Waals surface area contributed by atoms with Crippen molar-refractivity contribution in [1.29, 1.82) is 5.26 Å². The number of hydrogen-bond donors (Lipinski definition) is 1. The number of rotatable bonds is 5. The molecule has 1 N–H and O–H groups in total. The standard InChI is InChI=1S/C13H12N2O3/c14-8-9-18-13(17)10-15-12(16)7-6-11-4-2-1-3-5-11/h1-7H,9-10H2,(H,15,16)/b7-6+. The van der Waals surface area contributed by atoms with Crippen molar-refractivity contribution in [3.63, 3.8) is 0 Å². The van der Waals surface area contributed by atoms with Gasteiger partial charge in [-0.2, -0.15) is 5.26 Å². The molecule has 1 aromatic carbocycles. The van der Waals surface area contributed by atoms with Crippen LogP contribution in [0.2, 0.25) is 0 Å². The summed E-state index contributed by atoms with van der Waals surface area (Å²) in [4.78, 5) is 22.3. The third kappa shape index (κ3) is 5.47. The monoisotopic (exact) mass is 244 g/mol. The summed E-state index contributed by atoms with van der Waals surface area (Å²) in [5.74, 6) is -1.04. The second-order valence-corrected chi connectivity index (χ2v) is 3.28. The van der Waals surface area contributed by atoms with Crippen LogP contribution in [0.1, 0.15) is 5.56 Å². The lowest BCUT2D eigenvalue weighted by molar-refractivity contribution is -0.142. The fourth-order valence-electron chi connectivity index (χ4n) is 1.12. The van der Waals surface area contributed by atoms with Crippen molar-refractivity contribution >= 4 is 18.0 Å². The van der Waals surface area contributed by atoms with E-state index in [1.54, 1.807) is 12.1 Å². The number of esters is 1. The average molecular weight is 244 g/mol. The number of benzene rings is 1. The summed E-state index contributed by atoms with van der Waals surface area (Å²) in [5, 5.41) is 10.5. The summed E-state index contributed by atoms with van der Waals surface area (Å²) in [6.45, 7) is -0.561. The minimum absolute atomic E-state index is 0.250. The smallest absolute Gasteiger partial charge is 0.326 e. The highest BCUT2D eigenvalue weighted by Gasteiger charge is 2.03. The first-order valence-electron chi connectivity index (χ1n) is 5.26. The van der Waals surface area contributed by atoms with Crippen LogP contribution in [0.25, 0.3) is 6.08 Å². The lowest BCUT2D eigenvalue weighted by Gasteiger charge is -2.00. The largest absolute Gasteiger partial charge is 0.449 e. The number of carbonyl (C=O) groups excluding carboxylic acids is 2. The van der Waals surface area contributed by atoms with Crippen LogP contribution < -0.4 is 5.32 Å². The van der Waals surface area contributed by atoms with E-state index in [1.807, 2.05) is 30.3 Å². The normalized spacial score (nSPS) is 9.72. The van der Waals surface area contributed by atoms with E-state index in [-0.39, 0.29) is 13.2 Å². The molecule has 18 heavy (non-hydrogen) atoms. The summed E-state index contributed by atoms with van der Waals surface area (Å²) in [6, 6.07) is 11.0. The molecule has 5 heteroatoms. The summed E-state index contributed by atoms with van der Waals surface area (Å²) >= 11 is 0. The highest BCUT2D eigenvalue weighted by molar-refractivity contribution is 5.93. The van der Waals surface area contributed by atoms with Gasteiger partial charge < -0.3 is 10.1 Å². The maximum absolute atomic E-state index is 11.3. The third-order valence-corrected chi connectivity index (χ3v) is 1.93. The Bertz CT molecular complexity index is 475. The zero-order valence-corrected chi connectivity index (χ0v) is 9.63. The van der Waals surface area contributed by atoms with Gasteiger partial charge in [-0.3, -0.25) is 9.59 Å². The van der Waals surface area contributed by atoms with Gasteiger partial charge in [0, 0.05) is 6.08 Å². The van der Waals surface area contributed by atoms with E-state index < -0.39 is 11.9 Å². The zero-order chi connectivity index (χ0) is 13.2. The van der Waals surface area contributed by atoms with Crippen molar-refractivity contribution in [2.24, 2.45) is 0 Å². The molecule has 0 aliphatic rings. The van der Waals surface area contributed by atoms with E-state index in [0.717, 1.165) is 5.56 Å². The summed E-state index contributed by atoms with van der Waals surface area (Å²) in [5.41, 5.74) is 0.889. The second-order valence-electron chi connectivity index (χ2n) is 3.28. The molecule has 92 valence electrons. The van der Waals surface area contributed by atoms with Gasteiger partial charge in [-0.05, 0) is 11.6 Å². The number of nitrogens with one attached hydrogen (secondary N) is 1. The lowest BCUT2D eigenvalue weighted by Crippen LogP contribution is -2.29. The fraction of sp³-hybridized carbons (Fsp3) is 0.154. The molecule has 0 unspecified atom stereocenters. The molecule has 0 aliphatic carbocycles. The Labute approximate surface area is 105 Å². The maximum Gasteiger partial charge on any atom is 0.326 e. The first-order chi connectivity index (χ1) is 8.72. The van der Waals surface area contributed by atoms with Crippen LogP contribution in [0.15, 0.2) is 36.4 Å². The molecule has 0 heterocycles. The van der Waals surface area contributed by atoms with E-state index in [9.17, 15) is 9.59 Å². The second kappa shape index (κ2) is 7.63. The molecule has 0 fully saturated rings. The van der Waals surface area contributed by atoms with Crippen molar-refractivity contribution in [3.8, 4) is 6.07 Å². The van der Waals surface area contributed by atoms with Gasteiger partial charge in [0.1, 0.15) is 12.6 Å². The van der Waals surface area contributed by atoms with Crippen molar-refractivity contribution < 1.29 is 14.3 Å². The number of amides is 1. The predicted octanol–water partition coefficient (Wildman–Crippen LogP) is 0.883. The van der Waals surface area contributed by atoms with Crippen LogP contribution >= 0.6 is 0 Å². The number of nitriles is 1. The Morgan fingerprint density at radius 3 is 2.72 bits per heavy atom. The molecule has 1 rings (SSSR count). The van der Waals surface area contributed by atoms with E-state index in [4.69, 9.17) is 5.26 Å². The van der Waals surface area contributed by atoms with Crippen molar-refractivity contribution in [1.82, 2.24) is 5.32 Å². The average Bonchev–Trinajstić information content (AvgIpc) is 2.41. The number of nitrogens with zero attached hydrogens (tertiary/aromatic N) is 1. The molecule has 1 aromatic rings. The van der Waals surface area contributed by atoms with Crippen LogP contribution in [0.5, 0.6) is 0 Å². The van der Waals surface area contributed by atoms with Gasteiger partial charge in [0.2, 0.25) is 5.91 Å². The molecule has 0 atom stereocenters. The summed E-state index contributed by atoms with van der Waals surface area (Å²) in [7, 11) is 0. The Morgan fingerprint density at radius 2 is 2.06 bits per heavy atom. The van der Waals surface area contributed by atoms with Gasteiger partial charge in [-0.25, -0.2) is 0 Å². The SMILES string of the molecule is N#CCOC(=O)CNC(=O)/C=C/c1ccccc1. The molecule has 0 saturated heterocycles. The molecular weight excluding hydrogens is 232 g/mol. The van der Waals surface area contributed by atoms with Crippen molar-refractivity contribution in [3.05, 3.63) is 42.0 Å². The molecule has 0 bridgehead atoms. The van der Waals surface area contributed by atoms with Crippen molar-refractivity contribution in [2.75, 3.05) is 13.2 Å². The Balaban J connectivity index is 2.32.